The molecule has 0 bridgehead atoms. The van der Waals surface area contributed by atoms with Gasteiger partial charge in [-0.25, -0.2) is 4.98 Å². The van der Waals surface area contributed by atoms with Crippen molar-refractivity contribution in [2.24, 2.45) is 5.92 Å². The third kappa shape index (κ3) is 1.66. The number of allylic oxidation sites excluding steroid dienone is 2. The molecule has 0 saturated heterocycles. The number of rotatable bonds is 2. The Labute approximate surface area is 103 Å². The van der Waals surface area contributed by atoms with Crippen molar-refractivity contribution in [1.29, 1.82) is 0 Å². The van der Waals surface area contributed by atoms with Crippen LogP contribution in [0, 0.1) is 5.92 Å². The lowest BCUT2D eigenvalue weighted by atomic mass is 9.82. The summed E-state index contributed by atoms with van der Waals surface area (Å²) in [5, 5.41) is 17.4. The molecular formula is C12H12N4O2. The maximum absolute atomic E-state index is 11.3. The van der Waals surface area contributed by atoms with Crippen molar-refractivity contribution < 1.29 is 9.90 Å². The van der Waals surface area contributed by atoms with Crippen LogP contribution < -0.4 is 0 Å². The second-order valence-corrected chi connectivity index (χ2v) is 4.36. The van der Waals surface area contributed by atoms with E-state index in [0.29, 0.717) is 24.3 Å². The first-order valence-electron chi connectivity index (χ1n) is 5.80. The van der Waals surface area contributed by atoms with E-state index in [1.165, 1.54) is 0 Å². The molecule has 0 amide bonds. The molecule has 1 aliphatic rings. The summed E-state index contributed by atoms with van der Waals surface area (Å²) in [4.78, 5) is 15.3. The molecule has 3 rings (SSSR count). The highest BCUT2D eigenvalue weighted by Gasteiger charge is 2.33. The summed E-state index contributed by atoms with van der Waals surface area (Å²) in [5.74, 6) is -0.700. The zero-order valence-corrected chi connectivity index (χ0v) is 9.60. The van der Waals surface area contributed by atoms with E-state index in [0.717, 1.165) is 0 Å². The molecule has 0 fully saturated rings. The number of hydrogen-bond acceptors (Lipinski definition) is 4. The molecule has 0 radical (unpaired) electrons. The van der Waals surface area contributed by atoms with E-state index < -0.39 is 11.9 Å². The zero-order valence-electron chi connectivity index (χ0n) is 9.60. The molecule has 0 spiro atoms. The fourth-order valence-corrected chi connectivity index (χ4v) is 2.39. The van der Waals surface area contributed by atoms with Crippen LogP contribution in [-0.4, -0.2) is 30.7 Å². The molecule has 2 atom stereocenters. The first-order chi connectivity index (χ1) is 8.77. The Morgan fingerprint density at radius 1 is 1.33 bits per heavy atom. The number of carbonyl (C=O) groups is 1. The molecule has 6 nitrogen and oxygen atoms in total. The predicted octanol–water partition coefficient (Wildman–Crippen LogP) is 1.26. The minimum Gasteiger partial charge on any atom is -0.481 e. The number of fused-ring (bicyclic) bond motifs is 1. The highest BCUT2D eigenvalue weighted by Crippen LogP contribution is 2.33. The summed E-state index contributed by atoms with van der Waals surface area (Å²) < 4.78 is 1.76. The normalized spacial score (nSPS) is 23.3. The van der Waals surface area contributed by atoms with Gasteiger partial charge in [-0.3, -0.25) is 9.20 Å². The Bertz CT molecular complexity index is 619. The van der Waals surface area contributed by atoms with Gasteiger partial charge in [-0.2, -0.15) is 0 Å². The van der Waals surface area contributed by atoms with Crippen LogP contribution in [0.4, 0.5) is 0 Å². The van der Waals surface area contributed by atoms with Crippen molar-refractivity contribution in [3.63, 3.8) is 0 Å². The van der Waals surface area contributed by atoms with Gasteiger partial charge in [-0.05, 0) is 12.8 Å². The van der Waals surface area contributed by atoms with Crippen molar-refractivity contribution in [2.75, 3.05) is 0 Å². The van der Waals surface area contributed by atoms with Gasteiger partial charge < -0.3 is 5.11 Å². The Balaban J connectivity index is 2.07. The number of aliphatic carboxylic acids is 1. The first kappa shape index (κ1) is 10.9. The lowest BCUT2D eigenvalue weighted by molar-refractivity contribution is -0.142. The molecule has 18 heavy (non-hydrogen) atoms. The van der Waals surface area contributed by atoms with E-state index in [1.807, 2.05) is 12.2 Å². The fourth-order valence-electron chi connectivity index (χ4n) is 2.39. The number of hydrogen-bond donors (Lipinski definition) is 1. The van der Waals surface area contributed by atoms with E-state index in [2.05, 4.69) is 15.2 Å². The van der Waals surface area contributed by atoms with Crippen LogP contribution in [0.5, 0.6) is 0 Å². The Hall–Kier alpha value is -2.24. The van der Waals surface area contributed by atoms with Gasteiger partial charge in [0, 0.05) is 18.2 Å². The summed E-state index contributed by atoms with van der Waals surface area (Å²) in [7, 11) is 0. The van der Waals surface area contributed by atoms with Gasteiger partial charge in [0.15, 0.2) is 5.65 Å². The van der Waals surface area contributed by atoms with Gasteiger partial charge >= 0.3 is 5.97 Å². The van der Waals surface area contributed by atoms with Crippen LogP contribution in [0.15, 0.2) is 30.7 Å². The lowest BCUT2D eigenvalue weighted by Gasteiger charge is -2.23. The second kappa shape index (κ2) is 4.21. The number of carboxylic acids is 1. The topological polar surface area (TPSA) is 80.4 Å². The van der Waals surface area contributed by atoms with E-state index >= 15 is 0 Å². The van der Waals surface area contributed by atoms with Crippen LogP contribution in [-0.2, 0) is 4.79 Å². The van der Waals surface area contributed by atoms with Crippen molar-refractivity contribution in [3.8, 4) is 0 Å². The van der Waals surface area contributed by atoms with Gasteiger partial charge in [0.2, 0.25) is 0 Å². The third-order valence-corrected chi connectivity index (χ3v) is 3.32. The van der Waals surface area contributed by atoms with Crippen molar-refractivity contribution in [3.05, 3.63) is 36.6 Å². The average Bonchev–Trinajstić information content (AvgIpc) is 2.82. The van der Waals surface area contributed by atoms with Gasteiger partial charge in [0.25, 0.3) is 0 Å². The Morgan fingerprint density at radius 2 is 2.17 bits per heavy atom. The van der Waals surface area contributed by atoms with Gasteiger partial charge in [-0.15, -0.1) is 10.2 Å². The monoisotopic (exact) mass is 244 g/mol. The molecule has 6 heteroatoms. The van der Waals surface area contributed by atoms with Crippen LogP contribution in [0.25, 0.3) is 5.65 Å². The highest BCUT2D eigenvalue weighted by atomic mass is 16.4. The smallest absolute Gasteiger partial charge is 0.307 e. The quantitative estimate of drug-likeness (QED) is 0.804. The SMILES string of the molecule is O=C(O)C1CC=CCC1c1nnc2ccncn12. The number of nitrogens with zero attached hydrogens (tertiary/aromatic N) is 4. The van der Waals surface area contributed by atoms with Crippen molar-refractivity contribution >= 4 is 11.6 Å². The number of carboxylic acid groups (broad SMARTS) is 1. The summed E-state index contributed by atoms with van der Waals surface area (Å²) >= 11 is 0. The van der Waals surface area contributed by atoms with Crippen molar-refractivity contribution in [2.45, 2.75) is 18.8 Å². The summed E-state index contributed by atoms with van der Waals surface area (Å²) in [6.07, 6.45) is 8.39. The maximum Gasteiger partial charge on any atom is 0.307 e. The largest absolute Gasteiger partial charge is 0.481 e. The summed E-state index contributed by atoms with van der Waals surface area (Å²) in [6.45, 7) is 0. The molecule has 2 aromatic heterocycles. The van der Waals surface area contributed by atoms with Crippen LogP contribution in [0.1, 0.15) is 24.6 Å². The average molecular weight is 244 g/mol. The molecular weight excluding hydrogens is 232 g/mol. The Kier molecular flexibility index (Phi) is 2.55. The zero-order chi connectivity index (χ0) is 12.5. The molecule has 2 aromatic rings. The highest BCUT2D eigenvalue weighted by molar-refractivity contribution is 5.71. The van der Waals surface area contributed by atoms with Crippen LogP contribution >= 0.6 is 0 Å². The van der Waals surface area contributed by atoms with E-state index in [-0.39, 0.29) is 5.92 Å². The predicted molar refractivity (Wildman–Crippen MR) is 63.0 cm³/mol. The minimum atomic E-state index is -0.787. The van der Waals surface area contributed by atoms with E-state index in [1.54, 1.807) is 23.0 Å². The number of aromatic nitrogens is 4. The first-order valence-corrected chi connectivity index (χ1v) is 5.80. The summed E-state index contributed by atoms with van der Waals surface area (Å²) in [5.41, 5.74) is 0.693. The molecule has 92 valence electrons. The molecule has 0 saturated carbocycles. The molecule has 0 aromatic carbocycles. The van der Waals surface area contributed by atoms with Crippen LogP contribution in [0.3, 0.4) is 0 Å². The molecule has 0 aliphatic heterocycles. The standard InChI is InChI=1S/C12H12N4O2/c17-12(18)9-4-2-1-3-8(9)11-15-14-10-5-6-13-7-16(10)11/h1-2,5-9H,3-4H2,(H,17,18). The fraction of sp³-hybridized carbons (Fsp3) is 0.333. The Morgan fingerprint density at radius 3 is 3.00 bits per heavy atom. The van der Waals surface area contributed by atoms with Gasteiger partial charge in [0.05, 0.1) is 5.92 Å². The molecule has 2 heterocycles. The maximum atomic E-state index is 11.3. The van der Waals surface area contributed by atoms with Gasteiger partial charge in [-0.1, -0.05) is 12.2 Å². The van der Waals surface area contributed by atoms with E-state index in [9.17, 15) is 9.90 Å². The molecule has 1 aliphatic carbocycles. The molecule has 2 unspecified atom stereocenters. The van der Waals surface area contributed by atoms with Gasteiger partial charge in [0.1, 0.15) is 12.2 Å². The second-order valence-electron chi connectivity index (χ2n) is 4.36. The van der Waals surface area contributed by atoms with Crippen molar-refractivity contribution in [1.82, 2.24) is 19.6 Å². The third-order valence-electron chi connectivity index (χ3n) is 3.32. The minimum absolute atomic E-state index is 0.147. The lowest BCUT2D eigenvalue weighted by Crippen LogP contribution is -2.25. The van der Waals surface area contributed by atoms with E-state index in [4.69, 9.17) is 0 Å². The summed E-state index contributed by atoms with van der Waals surface area (Å²) in [6, 6.07) is 1.75. The van der Waals surface area contributed by atoms with Crippen LogP contribution in [0.2, 0.25) is 0 Å². The molecule has 1 N–H and O–H groups in total.